The van der Waals surface area contributed by atoms with E-state index in [1.807, 2.05) is 34.5 Å². The standard InChI is InChI=1S/C21H27NO3S/c1-16(2)17-6-3-7-18(12-17)25-15-21(23)22(13-19-8-4-10-24-19)14-20-9-5-11-26-20/h3,5-7,9,11-12,16,19H,4,8,10,13-15H2,1-2H3. The number of carbonyl (C=O) groups excluding carboxylic acids is 1. The topological polar surface area (TPSA) is 38.8 Å². The van der Waals surface area contributed by atoms with E-state index in [1.54, 1.807) is 11.3 Å². The molecule has 1 saturated heterocycles. The van der Waals surface area contributed by atoms with Crippen LogP contribution in [-0.2, 0) is 16.1 Å². The van der Waals surface area contributed by atoms with Crippen molar-refractivity contribution in [2.75, 3.05) is 19.8 Å². The maximum atomic E-state index is 12.8. The van der Waals surface area contributed by atoms with Gasteiger partial charge in [-0.05, 0) is 47.9 Å². The van der Waals surface area contributed by atoms with Crippen LogP contribution >= 0.6 is 11.3 Å². The summed E-state index contributed by atoms with van der Waals surface area (Å²) in [6.45, 7) is 6.39. The minimum Gasteiger partial charge on any atom is -0.484 e. The molecule has 4 nitrogen and oxygen atoms in total. The van der Waals surface area contributed by atoms with Crippen molar-refractivity contribution in [3.8, 4) is 5.75 Å². The van der Waals surface area contributed by atoms with Crippen LogP contribution < -0.4 is 4.74 Å². The molecule has 1 fully saturated rings. The van der Waals surface area contributed by atoms with Crippen molar-refractivity contribution in [3.05, 3.63) is 52.2 Å². The van der Waals surface area contributed by atoms with Gasteiger partial charge in [0.15, 0.2) is 6.61 Å². The quantitative estimate of drug-likeness (QED) is 0.686. The summed E-state index contributed by atoms with van der Waals surface area (Å²) in [6, 6.07) is 12.1. The number of hydrogen-bond donors (Lipinski definition) is 0. The molecule has 5 heteroatoms. The van der Waals surface area contributed by atoms with Crippen LogP contribution in [0, 0.1) is 0 Å². The average molecular weight is 374 g/mol. The molecule has 1 atom stereocenters. The van der Waals surface area contributed by atoms with Gasteiger partial charge in [-0.3, -0.25) is 4.79 Å². The SMILES string of the molecule is CC(C)c1cccc(OCC(=O)N(Cc2cccs2)CC2CCCO2)c1. The van der Waals surface area contributed by atoms with Crippen LogP contribution in [0.2, 0.25) is 0 Å². The van der Waals surface area contributed by atoms with Gasteiger partial charge < -0.3 is 14.4 Å². The molecular weight excluding hydrogens is 346 g/mol. The lowest BCUT2D eigenvalue weighted by Gasteiger charge is -2.25. The van der Waals surface area contributed by atoms with Gasteiger partial charge in [-0.1, -0.05) is 32.0 Å². The Balaban J connectivity index is 1.61. The summed E-state index contributed by atoms with van der Waals surface area (Å²) >= 11 is 1.67. The molecule has 140 valence electrons. The first-order valence-corrected chi connectivity index (χ1v) is 10.1. The van der Waals surface area contributed by atoms with Gasteiger partial charge in [0.05, 0.1) is 12.6 Å². The molecule has 2 aromatic rings. The van der Waals surface area contributed by atoms with Gasteiger partial charge in [-0.2, -0.15) is 0 Å². The zero-order valence-corrected chi connectivity index (χ0v) is 16.3. The Kier molecular flexibility index (Phi) is 6.69. The number of thiophene rings is 1. The lowest BCUT2D eigenvalue weighted by atomic mass is 10.0. The number of carbonyl (C=O) groups is 1. The molecule has 1 aromatic carbocycles. The van der Waals surface area contributed by atoms with Gasteiger partial charge in [-0.15, -0.1) is 11.3 Å². The number of benzene rings is 1. The number of ether oxygens (including phenoxy) is 2. The normalized spacial score (nSPS) is 16.8. The molecule has 0 bridgehead atoms. The lowest BCUT2D eigenvalue weighted by molar-refractivity contribution is -0.135. The van der Waals surface area contributed by atoms with E-state index < -0.39 is 0 Å². The molecule has 1 unspecified atom stereocenters. The van der Waals surface area contributed by atoms with Gasteiger partial charge in [0.25, 0.3) is 5.91 Å². The zero-order chi connectivity index (χ0) is 18.4. The third-order valence-electron chi connectivity index (χ3n) is 4.61. The highest BCUT2D eigenvalue weighted by Gasteiger charge is 2.23. The second-order valence-corrected chi connectivity index (χ2v) is 8.04. The fourth-order valence-electron chi connectivity index (χ4n) is 3.08. The first-order valence-electron chi connectivity index (χ1n) is 9.26. The Morgan fingerprint density at radius 2 is 2.23 bits per heavy atom. The van der Waals surface area contributed by atoms with Crippen molar-refractivity contribution in [1.29, 1.82) is 0 Å². The number of hydrogen-bond acceptors (Lipinski definition) is 4. The smallest absolute Gasteiger partial charge is 0.260 e. The van der Waals surface area contributed by atoms with Crippen molar-refractivity contribution >= 4 is 17.2 Å². The second kappa shape index (κ2) is 9.19. The molecule has 26 heavy (non-hydrogen) atoms. The second-order valence-electron chi connectivity index (χ2n) is 7.00. The first-order chi connectivity index (χ1) is 12.6. The van der Waals surface area contributed by atoms with Crippen LogP contribution in [0.25, 0.3) is 0 Å². The van der Waals surface area contributed by atoms with Crippen molar-refractivity contribution in [1.82, 2.24) is 4.90 Å². The third-order valence-corrected chi connectivity index (χ3v) is 5.48. The van der Waals surface area contributed by atoms with E-state index in [-0.39, 0.29) is 18.6 Å². The van der Waals surface area contributed by atoms with Crippen LogP contribution in [0.4, 0.5) is 0 Å². The highest BCUT2D eigenvalue weighted by atomic mass is 32.1. The predicted octanol–water partition coefficient (Wildman–Crippen LogP) is 4.46. The maximum Gasteiger partial charge on any atom is 0.260 e. The van der Waals surface area contributed by atoms with Crippen molar-refractivity contribution < 1.29 is 14.3 Å². The highest BCUT2D eigenvalue weighted by Crippen LogP contribution is 2.21. The van der Waals surface area contributed by atoms with E-state index >= 15 is 0 Å². The molecular formula is C21H27NO3S. The highest BCUT2D eigenvalue weighted by molar-refractivity contribution is 7.09. The summed E-state index contributed by atoms with van der Waals surface area (Å²) in [5.41, 5.74) is 1.21. The summed E-state index contributed by atoms with van der Waals surface area (Å²) in [5.74, 6) is 1.19. The molecule has 0 radical (unpaired) electrons. The van der Waals surface area contributed by atoms with Gasteiger partial charge in [0.1, 0.15) is 5.75 Å². The average Bonchev–Trinajstić information content (AvgIpc) is 3.33. The van der Waals surface area contributed by atoms with E-state index in [0.29, 0.717) is 19.0 Å². The summed E-state index contributed by atoms with van der Waals surface area (Å²) in [5, 5.41) is 2.04. The Hall–Kier alpha value is -1.85. The predicted molar refractivity (Wildman–Crippen MR) is 105 cm³/mol. The minimum atomic E-state index is 0.00356. The van der Waals surface area contributed by atoms with E-state index in [2.05, 4.69) is 26.0 Å². The Morgan fingerprint density at radius 3 is 2.92 bits per heavy atom. The molecule has 1 amide bonds. The van der Waals surface area contributed by atoms with E-state index in [9.17, 15) is 4.79 Å². The van der Waals surface area contributed by atoms with Crippen LogP contribution in [0.15, 0.2) is 41.8 Å². The summed E-state index contributed by atoms with van der Waals surface area (Å²) in [4.78, 5) is 15.8. The Morgan fingerprint density at radius 1 is 1.35 bits per heavy atom. The molecule has 0 spiro atoms. The number of nitrogens with zero attached hydrogens (tertiary/aromatic N) is 1. The van der Waals surface area contributed by atoms with Gasteiger partial charge >= 0.3 is 0 Å². The van der Waals surface area contributed by atoms with Crippen LogP contribution in [0.5, 0.6) is 5.75 Å². The van der Waals surface area contributed by atoms with Crippen LogP contribution in [0.3, 0.4) is 0 Å². The summed E-state index contributed by atoms with van der Waals surface area (Å²) in [6.07, 6.45) is 2.23. The molecule has 0 saturated carbocycles. The van der Waals surface area contributed by atoms with E-state index in [1.165, 1.54) is 10.4 Å². The molecule has 0 aliphatic carbocycles. The van der Waals surface area contributed by atoms with Crippen molar-refractivity contribution in [2.24, 2.45) is 0 Å². The molecule has 1 aliphatic heterocycles. The van der Waals surface area contributed by atoms with Crippen LogP contribution in [0.1, 0.15) is 43.0 Å². The molecule has 0 N–H and O–H groups in total. The van der Waals surface area contributed by atoms with Crippen molar-refractivity contribution in [2.45, 2.75) is 45.3 Å². The molecule has 1 aliphatic rings. The van der Waals surface area contributed by atoms with Crippen molar-refractivity contribution in [3.63, 3.8) is 0 Å². The van der Waals surface area contributed by atoms with Gasteiger partial charge in [0, 0.05) is 18.0 Å². The van der Waals surface area contributed by atoms with Crippen LogP contribution in [-0.4, -0.2) is 36.7 Å². The molecule has 2 heterocycles. The summed E-state index contributed by atoms with van der Waals surface area (Å²) in [7, 11) is 0. The number of amides is 1. The molecule has 3 rings (SSSR count). The fourth-order valence-corrected chi connectivity index (χ4v) is 3.80. The largest absolute Gasteiger partial charge is 0.484 e. The lowest BCUT2D eigenvalue weighted by Crippen LogP contribution is -2.39. The molecule has 1 aromatic heterocycles. The Bertz CT molecular complexity index is 693. The third kappa shape index (κ3) is 5.32. The van der Waals surface area contributed by atoms with Gasteiger partial charge in [0.2, 0.25) is 0 Å². The zero-order valence-electron chi connectivity index (χ0n) is 15.5. The maximum absolute atomic E-state index is 12.8. The minimum absolute atomic E-state index is 0.00356. The fraction of sp³-hybridized carbons (Fsp3) is 0.476. The van der Waals surface area contributed by atoms with Gasteiger partial charge in [-0.25, -0.2) is 0 Å². The van der Waals surface area contributed by atoms with E-state index in [0.717, 1.165) is 25.2 Å². The first kappa shape index (κ1) is 18.9. The van der Waals surface area contributed by atoms with E-state index in [4.69, 9.17) is 9.47 Å². The Labute approximate surface area is 159 Å². The summed E-state index contributed by atoms with van der Waals surface area (Å²) < 4.78 is 11.5. The monoisotopic (exact) mass is 373 g/mol. The number of rotatable bonds is 8.